The van der Waals surface area contributed by atoms with E-state index in [0.717, 1.165) is 0 Å². The molecule has 0 saturated carbocycles. The molecule has 0 aliphatic rings. The van der Waals surface area contributed by atoms with Crippen LogP contribution in [-0.2, 0) is 15.8 Å². The molecule has 2 heterocycles. The molecule has 13 heteroatoms. The van der Waals surface area contributed by atoms with E-state index in [1.54, 1.807) is 4.57 Å². The van der Waals surface area contributed by atoms with Gasteiger partial charge in [0.15, 0.2) is 11.2 Å². The van der Waals surface area contributed by atoms with Gasteiger partial charge >= 0.3 is 7.60 Å². The molecule has 2 aromatic rings. The third-order valence-electron chi connectivity index (χ3n) is 2.44. The van der Waals surface area contributed by atoms with Crippen LogP contribution in [0.5, 0.6) is 0 Å². The summed E-state index contributed by atoms with van der Waals surface area (Å²) in [5.41, 5.74) is 5.60. The summed E-state index contributed by atoms with van der Waals surface area (Å²) in [5, 5.41) is 0. The minimum atomic E-state index is -4.13. The van der Waals surface area contributed by atoms with Crippen LogP contribution in [-0.4, -0.2) is 101 Å². The molecule has 10 nitrogen and oxygen atoms in total. The Morgan fingerprint density at radius 2 is 2.09 bits per heavy atom. The van der Waals surface area contributed by atoms with E-state index >= 15 is 0 Å². The molecule has 2 radical (unpaired) electrons. The molecule has 0 saturated heterocycles. The van der Waals surface area contributed by atoms with Crippen molar-refractivity contribution in [2.45, 2.75) is 13.0 Å². The quantitative estimate of drug-likeness (QED) is 0.278. The van der Waals surface area contributed by atoms with Gasteiger partial charge in [0.25, 0.3) is 5.56 Å². The van der Waals surface area contributed by atoms with E-state index in [4.69, 9.17) is 20.3 Å². The van der Waals surface area contributed by atoms with Crippen LogP contribution in [0, 0.1) is 0 Å². The Bertz CT molecular complexity index is 714. The van der Waals surface area contributed by atoms with Gasteiger partial charge < -0.3 is 24.8 Å². The van der Waals surface area contributed by atoms with E-state index in [0.29, 0.717) is 18.6 Å². The van der Waals surface area contributed by atoms with Gasteiger partial charge in [-0.2, -0.15) is 4.98 Å². The molecule has 0 aliphatic heterocycles. The molecule has 22 heavy (non-hydrogen) atoms. The Labute approximate surface area is 169 Å². The molecule has 112 valence electrons. The third kappa shape index (κ3) is 6.40. The van der Waals surface area contributed by atoms with Crippen LogP contribution in [0.15, 0.2) is 11.1 Å². The molecule has 0 bridgehead atoms. The maximum absolute atomic E-state index is 11.5. The van der Waals surface area contributed by atoms with Crippen molar-refractivity contribution in [3.8, 4) is 0 Å². The Morgan fingerprint density at radius 3 is 2.73 bits per heavy atom. The van der Waals surface area contributed by atoms with Gasteiger partial charge in [0.05, 0.1) is 6.33 Å². The van der Waals surface area contributed by atoms with Gasteiger partial charge in [0.1, 0.15) is 6.35 Å². The second kappa shape index (κ2) is 9.53. The summed E-state index contributed by atoms with van der Waals surface area (Å²) < 4.78 is 17.0. The van der Waals surface area contributed by atoms with E-state index in [1.807, 2.05) is 0 Å². The fourth-order valence-corrected chi connectivity index (χ4v) is 2.02. The first kappa shape index (κ1) is 22.3. The first-order chi connectivity index (χ1) is 9.37. The SMILES string of the molecule is Nc1nc2c(ncn2CCCOCP(=O)(O)O)c(=O)[nH]1.[Na].[Na]. The first-order valence-corrected chi connectivity index (χ1v) is 7.49. The zero-order chi connectivity index (χ0) is 14.8. The summed E-state index contributed by atoms with van der Waals surface area (Å²) in [5.74, 6) is 0.00185. The summed E-state index contributed by atoms with van der Waals surface area (Å²) in [6.45, 7) is 0.608. The van der Waals surface area contributed by atoms with Crippen LogP contribution < -0.4 is 11.3 Å². The molecule has 0 fully saturated rings. The van der Waals surface area contributed by atoms with Gasteiger partial charge in [-0.3, -0.25) is 14.3 Å². The molecule has 0 aromatic carbocycles. The second-order valence-electron chi connectivity index (χ2n) is 4.12. The molecule has 0 unspecified atom stereocenters. The number of hydrogen-bond acceptors (Lipinski definition) is 6. The average Bonchev–Trinajstić information content (AvgIpc) is 2.70. The Kier molecular flexibility index (Phi) is 9.64. The number of nitrogen functional groups attached to an aromatic ring is 1. The molecule has 5 N–H and O–H groups in total. The van der Waals surface area contributed by atoms with Crippen LogP contribution in [0.1, 0.15) is 6.42 Å². The van der Waals surface area contributed by atoms with Crippen LogP contribution in [0.4, 0.5) is 5.95 Å². The number of aromatic amines is 1. The Balaban J connectivity index is 0.00000220. The van der Waals surface area contributed by atoms with Gasteiger partial charge in [-0.15, -0.1) is 0 Å². The Morgan fingerprint density at radius 1 is 1.41 bits per heavy atom. The monoisotopic (exact) mass is 349 g/mol. The van der Waals surface area contributed by atoms with Crippen LogP contribution in [0.3, 0.4) is 0 Å². The summed E-state index contributed by atoms with van der Waals surface area (Å²) in [6, 6.07) is 0. The standard InChI is InChI=1S/C9H14N5O5P.2Na/c10-9-12-7-6(8(15)13-9)11-4-14(7)2-1-3-19-5-20(16,17)18;;/h4H,1-3,5H2,(H2,16,17,18)(H3,10,12,13,15);;. The molecule has 2 aromatic heterocycles. The number of aryl methyl sites for hydroxylation is 1. The van der Waals surface area contributed by atoms with E-state index in [1.165, 1.54) is 6.33 Å². The summed E-state index contributed by atoms with van der Waals surface area (Å²) in [6.07, 6.45) is 1.33. The number of nitrogens with zero attached hydrogens (tertiary/aromatic N) is 3. The summed E-state index contributed by atoms with van der Waals surface area (Å²) >= 11 is 0. The van der Waals surface area contributed by atoms with Crippen molar-refractivity contribution in [2.24, 2.45) is 0 Å². The maximum atomic E-state index is 11.5. The molecule has 0 aliphatic carbocycles. The van der Waals surface area contributed by atoms with Gasteiger partial charge in [-0.1, -0.05) is 0 Å². The largest absolute Gasteiger partial charge is 0.369 e. The van der Waals surface area contributed by atoms with Crippen molar-refractivity contribution in [3.63, 3.8) is 0 Å². The minimum Gasteiger partial charge on any atom is -0.369 e. The number of nitrogens with two attached hydrogens (primary N) is 1. The number of fused-ring (bicyclic) bond motifs is 1. The van der Waals surface area contributed by atoms with Gasteiger partial charge in [0.2, 0.25) is 5.95 Å². The van der Waals surface area contributed by atoms with Crippen LogP contribution in [0.25, 0.3) is 11.2 Å². The van der Waals surface area contributed by atoms with E-state index < -0.39 is 19.5 Å². The first-order valence-electron chi connectivity index (χ1n) is 5.70. The fraction of sp³-hybridized carbons (Fsp3) is 0.444. The number of rotatable bonds is 6. The zero-order valence-electron chi connectivity index (χ0n) is 12.4. The average molecular weight is 349 g/mol. The molecular weight excluding hydrogens is 335 g/mol. The predicted molar refractivity (Wildman–Crippen MR) is 81.5 cm³/mol. The molecular formula is C9H14N5Na2O5P. The number of H-pyrrole nitrogens is 1. The summed E-state index contributed by atoms with van der Waals surface area (Å²) in [7, 11) is -4.13. The normalized spacial score (nSPS) is 11.0. The zero-order valence-corrected chi connectivity index (χ0v) is 17.3. The summed E-state index contributed by atoms with van der Waals surface area (Å²) in [4.78, 5) is 39.0. The topological polar surface area (TPSA) is 156 Å². The van der Waals surface area contributed by atoms with E-state index in [-0.39, 0.29) is 77.2 Å². The van der Waals surface area contributed by atoms with E-state index in [2.05, 4.69) is 15.0 Å². The molecule has 0 amide bonds. The van der Waals surface area contributed by atoms with Crippen molar-refractivity contribution >= 4 is 83.8 Å². The van der Waals surface area contributed by atoms with Gasteiger partial charge in [0, 0.05) is 72.3 Å². The number of aromatic nitrogens is 4. The van der Waals surface area contributed by atoms with Crippen molar-refractivity contribution in [2.75, 3.05) is 18.7 Å². The number of hydrogen-bond donors (Lipinski definition) is 4. The minimum absolute atomic E-state index is 0. The van der Waals surface area contributed by atoms with Crippen molar-refractivity contribution in [1.82, 2.24) is 19.5 Å². The number of imidazole rings is 1. The number of ether oxygens (including phenoxy) is 1. The number of nitrogens with one attached hydrogen (secondary N) is 1. The second-order valence-corrected chi connectivity index (χ2v) is 5.70. The van der Waals surface area contributed by atoms with Crippen molar-refractivity contribution < 1.29 is 19.1 Å². The maximum Gasteiger partial charge on any atom is 0.350 e. The van der Waals surface area contributed by atoms with E-state index in [9.17, 15) is 9.36 Å². The number of anilines is 1. The molecule has 2 rings (SSSR count). The van der Waals surface area contributed by atoms with Gasteiger partial charge in [-0.05, 0) is 6.42 Å². The van der Waals surface area contributed by atoms with Crippen LogP contribution >= 0.6 is 7.60 Å². The smallest absolute Gasteiger partial charge is 0.350 e. The third-order valence-corrected chi connectivity index (χ3v) is 2.96. The predicted octanol–water partition coefficient (Wildman–Crippen LogP) is -1.52. The van der Waals surface area contributed by atoms with Gasteiger partial charge in [-0.25, -0.2) is 4.98 Å². The van der Waals surface area contributed by atoms with Crippen molar-refractivity contribution in [1.29, 1.82) is 0 Å². The molecule has 0 spiro atoms. The van der Waals surface area contributed by atoms with Crippen LogP contribution in [0.2, 0.25) is 0 Å². The Hall–Kier alpha value is 0.260. The molecule has 0 atom stereocenters. The fourth-order valence-electron chi connectivity index (χ4n) is 1.65. The van der Waals surface area contributed by atoms with Crippen molar-refractivity contribution in [3.05, 3.63) is 16.7 Å².